The number of aliphatic carboxylic acids is 1. The Hall–Kier alpha value is -2.26. The quantitative estimate of drug-likeness (QED) is 0.491. The molecule has 2 rings (SSSR count). The van der Waals surface area contributed by atoms with E-state index in [0.29, 0.717) is 12.3 Å². The van der Waals surface area contributed by atoms with Crippen LogP contribution in [0.1, 0.15) is 70.0 Å². The van der Waals surface area contributed by atoms with Crippen molar-refractivity contribution in [2.75, 3.05) is 13.1 Å². The van der Waals surface area contributed by atoms with Crippen LogP contribution in [0.4, 0.5) is 13.2 Å². The molecule has 0 aromatic heterocycles. The van der Waals surface area contributed by atoms with Crippen LogP contribution in [0.3, 0.4) is 0 Å². The predicted octanol–water partition coefficient (Wildman–Crippen LogP) is 6.57. The van der Waals surface area contributed by atoms with E-state index in [9.17, 15) is 18.0 Å². The first-order valence-corrected chi connectivity index (χ1v) is 10.7. The van der Waals surface area contributed by atoms with E-state index < -0.39 is 17.7 Å². The number of hydrogen-bond donors (Lipinski definition) is 1. The molecule has 0 spiro atoms. The van der Waals surface area contributed by atoms with Gasteiger partial charge in [-0.15, -0.1) is 6.42 Å². The maximum atomic E-state index is 12.8. The van der Waals surface area contributed by atoms with Gasteiger partial charge in [-0.2, -0.15) is 13.2 Å². The molecule has 1 aliphatic rings. The van der Waals surface area contributed by atoms with Crippen molar-refractivity contribution in [1.82, 2.24) is 4.90 Å². The number of likely N-dealkylation sites (tertiary alicyclic amines) is 1. The highest BCUT2D eigenvalue weighted by molar-refractivity contribution is 5.67. The molecule has 2 atom stereocenters. The number of halogens is 3. The number of alkyl halides is 3. The molecule has 1 unspecified atom stereocenters. The molecule has 1 saturated heterocycles. The Morgan fingerprint density at radius 3 is 2.35 bits per heavy atom. The average molecular weight is 438 g/mol. The third kappa shape index (κ3) is 10.1. The van der Waals surface area contributed by atoms with Crippen LogP contribution in [-0.2, 0) is 11.0 Å². The summed E-state index contributed by atoms with van der Waals surface area (Å²) in [6.45, 7) is 11.3. The van der Waals surface area contributed by atoms with Crippen molar-refractivity contribution >= 4 is 5.97 Å². The molecule has 172 valence electrons. The molecular formula is C25H34F3NO2. The minimum absolute atomic E-state index is 0.0115. The Labute approximate surface area is 184 Å². The van der Waals surface area contributed by atoms with E-state index in [2.05, 4.69) is 31.2 Å². The van der Waals surface area contributed by atoms with Crippen LogP contribution < -0.4 is 0 Å². The summed E-state index contributed by atoms with van der Waals surface area (Å²) in [4.78, 5) is 13.4. The lowest BCUT2D eigenvalue weighted by Crippen LogP contribution is -2.38. The second kappa shape index (κ2) is 12.6. The number of carbonyl (C=O) groups is 1. The molecule has 0 amide bonds. The summed E-state index contributed by atoms with van der Waals surface area (Å²) in [5, 5.41) is 9.08. The summed E-state index contributed by atoms with van der Waals surface area (Å²) in [6.07, 6.45) is 4.25. The average Bonchev–Trinajstić information content (AvgIpc) is 2.68. The van der Waals surface area contributed by atoms with Crippen LogP contribution in [0.15, 0.2) is 36.4 Å². The lowest BCUT2D eigenvalue weighted by molar-refractivity contribution is -0.139. The monoisotopic (exact) mass is 437 g/mol. The second-order valence-corrected chi connectivity index (χ2v) is 8.62. The molecule has 0 radical (unpaired) electrons. The van der Waals surface area contributed by atoms with E-state index >= 15 is 0 Å². The van der Waals surface area contributed by atoms with E-state index in [-0.39, 0.29) is 18.4 Å². The number of nitrogens with zero attached hydrogens (tertiary/aromatic N) is 1. The number of terminal acetylenes is 1. The van der Waals surface area contributed by atoms with Crippen LogP contribution in [-0.4, -0.2) is 29.1 Å². The fraction of sp³-hybridized carbons (Fsp3) is 0.560. The van der Waals surface area contributed by atoms with Crippen LogP contribution in [0.25, 0.3) is 0 Å². The summed E-state index contributed by atoms with van der Waals surface area (Å²) in [6, 6.07) is 5.34. The minimum atomic E-state index is -4.34. The van der Waals surface area contributed by atoms with Crippen molar-refractivity contribution in [2.24, 2.45) is 11.8 Å². The van der Waals surface area contributed by atoms with Gasteiger partial charge in [-0.25, -0.2) is 0 Å². The minimum Gasteiger partial charge on any atom is -0.481 e. The first-order valence-electron chi connectivity index (χ1n) is 10.7. The molecule has 31 heavy (non-hydrogen) atoms. The number of carboxylic acid groups (broad SMARTS) is 1. The lowest BCUT2D eigenvalue weighted by atomic mass is 9.84. The molecule has 0 saturated carbocycles. The molecule has 0 aliphatic carbocycles. The zero-order valence-electron chi connectivity index (χ0n) is 18.7. The van der Waals surface area contributed by atoms with E-state index in [4.69, 9.17) is 11.5 Å². The molecule has 0 bridgehead atoms. The van der Waals surface area contributed by atoms with Gasteiger partial charge in [0.05, 0.1) is 5.56 Å². The molecule has 1 aromatic rings. The number of hydrogen-bond acceptors (Lipinski definition) is 2. The maximum Gasteiger partial charge on any atom is 0.416 e. The third-order valence-electron chi connectivity index (χ3n) is 5.38. The van der Waals surface area contributed by atoms with Crippen molar-refractivity contribution in [3.63, 3.8) is 0 Å². The normalized spacial score (nSPS) is 19.3. The highest BCUT2D eigenvalue weighted by atomic mass is 19.4. The predicted molar refractivity (Wildman–Crippen MR) is 118 cm³/mol. The Kier molecular flexibility index (Phi) is 10.8. The maximum absolute atomic E-state index is 12.8. The first-order chi connectivity index (χ1) is 14.4. The van der Waals surface area contributed by atoms with Crippen LogP contribution in [0.2, 0.25) is 0 Å². The van der Waals surface area contributed by atoms with Crippen LogP contribution in [0, 0.1) is 24.2 Å². The number of piperidine rings is 1. The van der Waals surface area contributed by atoms with Gasteiger partial charge >= 0.3 is 12.1 Å². The molecule has 1 aromatic carbocycles. The first kappa shape index (κ1) is 26.8. The van der Waals surface area contributed by atoms with E-state index in [1.807, 2.05) is 0 Å². The van der Waals surface area contributed by atoms with E-state index in [0.717, 1.165) is 55.6 Å². The van der Waals surface area contributed by atoms with Gasteiger partial charge in [0.2, 0.25) is 0 Å². The van der Waals surface area contributed by atoms with Crippen LogP contribution >= 0.6 is 0 Å². The Morgan fingerprint density at radius 1 is 1.32 bits per heavy atom. The van der Waals surface area contributed by atoms with E-state index in [1.54, 1.807) is 19.1 Å². The highest BCUT2D eigenvalue weighted by Gasteiger charge is 2.33. The summed E-state index contributed by atoms with van der Waals surface area (Å²) >= 11 is 0. The molecule has 6 heteroatoms. The van der Waals surface area contributed by atoms with Crippen molar-refractivity contribution in [3.05, 3.63) is 47.5 Å². The topological polar surface area (TPSA) is 40.5 Å². The van der Waals surface area contributed by atoms with Crippen molar-refractivity contribution in [1.29, 1.82) is 0 Å². The molecule has 1 heterocycles. The number of allylic oxidation sites excluding steroid dienone is 1. The van der Waals surface area contributed by atoms with Gasteiger partial charge < -0.3 is 5.11 Å². The van der Waals surface area contributed by atoms with Gasteiger partial charge in [0, 0.05) is 12.5 Å². The zero-order valence-corrected chi connectivity index (χ0v) is 18.7. The molecule has 3 nitrogen and oxygen atoms in total. The highest BCUT2D eigenvalue weighted by Crippen LogP contribution is 2.37. The summed E-state index contributed by atoms with van der Waals surface area (Å²) in [5.41, 5.74) is 0.980. The fourth-order valence-electron chi connectivity index (χ4n) is 3.73. The summed E-state index contributed by atoms with van der Waals surface area (Å²) in [5.74, 6) is 2.21. The van der Waals surface area contributed by atoms with Gasteiger partial charge in [-0.05, 0) is 80.8 Å². The van der Waals surface area contributed by atoms with Gasteiger partial charge in [-0.1, -0.05) is 38.5 Å². The molecule has 1 N–H and O–H groups in total. The largest absolute Gasteiger partial charge is 0.481 e. The summed E-state index contributed by atoms with van der Waals surface area (Å²) in [7, 11) is 0. The van der Waals surface area contributed by atoms with Crippen molar-refractivity contribution in [3.8, 4) is 12.3 Å². The Bertz CT molecular complexity index is 748. The smallest absolute Gasteiger partial charge is 0.416 e. The van der Waals surface area contributed by atoms with Gasteiger partial charge in [0.25, 0.3) is 0 Å². The Morgan fingerprint density at radius 2 is 1.90 bits per heavy atom. The number of benzene rings is 1. The third-order valence-corrected chi connectivity index (χ3v) is 5.38. The van der Waals surface area contributed by atoms with E-state index in [1.165, 1.54) is 0 Å². The molecule has 1 aliphatic heterocycles. The standard InChI is InChI=1S/C20H28F3NO2.C5H6/c1-14(2)4-3-10-24-11-9-15(13-19(25)26)12-18(24)16-5-7-17(8-6-16)20(21,22)23;1-4-5(2)3/h5-8,14-15,18H,3-4,9-13H2,1-2H3,(H,25,26);1H,2H2,3H3/t15-,18?;/m1./s1. The molecule has 1 fully saturated rings. The Balaban J connectivity index is 0.000000861. The zero-order chi connectivity index (χ0) is 23.6. The second-order valence-electron chi connectivity index (χ2n) is 8.62. The van der Waals surface area contributed by atoms with Gasteiger partial charge in [-0.3, -0.25) is 9.69 Å². The number of rotatable bonds is 7. The number of carboxylic acids is 1. The lowest BCUT2D eigenvalue weighted by Gasteiger charge is -2.40. The van der Waals surface area contributed by atoms with Crippen molar-refractivity contribution in [2.45, 2.75) is 65.1 Å². The van der Waals surface area contributed by atoms with Gasteiger partial charge in [0.15, 0.2) is 0 Å². The molecular weight excluding hydrogens is 403 g/mol. The SMILES string of the molecule is C#CC(=C)C.CC(C)CCCN1CC[C@@H](CC(=O)O)CC1c1ccc(C(F)(F)F)cc1. The van der Waals surface area contributed by atoms with Crippen LogP contribution in [0.5, 0.6) is 0 Å². The van der Waals surface area contributed by atoms with Crippen molar-refractivity contribution < 1.29 is 23.1 Å². The summed E-state index contributed by atoms with van der Waals surface area (Å²) < 4.78 is 38.4. The van der Waals surface area contributed by atoms with Gasteiger partial charge in [0.1, 0.15) is 0 Å². The fourth-order valence-corrected chi connectivity index (χ4v) is 3.73.